The molecular weight excluding hydrogens is 1960 g/mol. The van der Waals surface area contributed by atoms with E-state index in [9.17, 15) is 58.3 Å². The number of rotatable bonds is 36. The SMILES string of the molecule is CC(C)(C)c1cc2c(OCCOP(=O)([O-])O[C@H]3C[C@H](n4cnc5c(N)ncnc54)O[C@@H]3CO)c(c1)Cc1cc(C(C)(C)C)cc(c1OCCOP(=O)([O-])O[C@H]1C[C@H](n3cnc4c(N)ncnc43)O[C@@H]1CO)Cc1cc(C(C)(C)C)cc(c1OCCOP(=O)([O-])O[C@H]1C[C@H](n3cnc4c(N)ncnc43)O[C@@H]1CO)Cc1cc(C(C)(C)C)cc(c1OCCOP(=O)([O-])O[C@H]1C[C@H](n3cnc4c(N)ncnc43)O[C@@H]1CO)C2. The number of imidazole rings is 4. The lowest BCUT2D eigenvalue weighted by atomic mass is 9.79. The van der Waals surface area contributed by atoms with Crippen LogP contribution in [-0.2, 0) is 121 Å². The molecule has 52 heteroatoms. The summed E-state index contributed by atoms with van der Waals surface area (Å²) in [4.78, 5) is 108. The third kappa shape index (κ3) is 23.4. The Bertz CT molecular complexity index is 6010. The number of aliphatic hydroxyl groups is 4. The molecule has 0 spiro atoms. The maximum atomic E-state index is 14.4. The van der Waals surface area contributed by atoms with Gasteiger partial charge in [-0.25, -0.2) is 59.8 Å². The molecule has 48 nitrogen and oxygen atoms in total. The summed E-state index contributed by atoms with van der Waals surface area (Å²) in [7, 11) is -21.4. The highest BCUT2D eigenvalue weighted by Gasteiger charge is 2.46. The predicted octanol–water partition coefficient (Wildman–Crippen LogP) is 7.36. The van der Waals surface area contributed by atoms with Gasteiger partial charge in [-0.3, -0.25) is 36.5 Å². The molecule has 4 aliphatic heterocycles. The minimum Gasteiger partial charge on any atom is -0.756 e. The molecule has 0 radical (unpaired) electrons. The van der Waals surface area contributed by atoms with Crippen molar-refractivity contribution in [2.45, 2.75) is 230 Å². The van der Waals surface area contributed by atoms with Crippen molar-refractivity contribution < 1.29 is 132 Å². The first-order valence-corrected chi connectivity index (χ1v) is 52.6. The molecule has 776 valence electrons. The molecule has 8 bridgehead atoms. The van der Waals surface area contributed by atoms with E-state index in [1.807, 2.05) is 132 Å². The maximum absolute atomic E-state index is 14.4. The minimum atomic E-state index is -5.35. The molecule has 12 N–H and O–H groups in total. The Morgan fingerprint density at radius 3 is 0.674 bits per heavy atom. The number of benzene rings is 4. The minimum absolute atomic E-state index is 0.0655. The molecule has 0 amide bonds. The molecule has 4 fully saturated rings. The van der Waals surface area contributed by atoms with E-state index in [0.29, 0.717) is 44.5 Å². The van der Waals surface area contributed by atoms with Crippen LogP contribution in [0.3, 0.4) is 0 Å². The number of fused-ring (bicyclic) bond motifs is 12. The van der Waals surface area contributed by atoms with Gasteiger partial charge in [-0.05, 0) is 88.4 Å². The lowest BCUT2D eigenvalue weighted by Gasteiger charge is -2.30. The molecule has 16 atom stereocenters. The van der Waals surface area contributed by atoms with Gasteiger partial charge in [0.25, 0.3) is 31.3 Å². The molecule has 12 aromatic rings. The fraction of sp³-hybridized carbons (Fsp3) is 0.522. The highest BCUT2D eigenvalue weighted by molar-refractivity contribution is 7.46. The highest BCUT2D eigenvalue weighted by Crippen LogP contribution is 2.53. The smallest absolute Gasteiger partial charge is 0.268 e. The van der Waals surface area contributed by atoms with Gasteiger partial charge in [0.2, 0.25) is 0 Å². The number of hydrogen-bond donors (Lipinski definition) is 8. The molecule has 8 aromatic heterocycles. The second kappa shape index (κ2) is 42.1. The summed E-state index contributed by atoms with van der Waals surface area (Å²) < 4.78 is 162. The van der Waals surface area contributed by atoms with Gasteiger partial charge in [0.15, 0.2) is 45.9 Å². The first kappa shape index (κ1) is 105. The van der Waals surface area contributed by atoms with Crippen LogP contribution in [0.4, 0.5) is 23.3 Å². The van der Waals surface area contributed by atoms with E-state index in [0.717, 1.165) is 22.3 Å². The molecule has 5 aliphatic rings. The van der Waals surface area contributed by atoms with Crippen LogP contribution in [0.15, 0.2) is 99.1 Å². The van der Waals surface area contributed by atoms with Crippen molar-refractivity contribution in [1.29, 1.82) is 0 Å². The summed E-state index contributed by atoms with van der Waals surface area (Å²) in [6.45, 7) is 17.2. The zero-order valence-electron chi connectivity index (χ0n) is 81.1. The number of ether oxygens (including phenoxy) is 8. The van der Waals surface area contributed by atoms with Crippen LogP contribution < -0.4 is 61.5 Å². The predicted molar refractivity (Wildman–Crippen MR) is 509 cm³/mol. The lowest BCUT2D eigenvalue weighted by Crippen LogP contribution is -2.29. The van der Waals surface area contributed by atoms with E-state index in [2.05, 4.69) is 59.8 Å². The molecule has 0 saturated carbocycles. The standard InChI is InChI=1S/C92H120N20O28P4/c1-89(2,3)57-25-49-21-51-27-58(90(4,5)6)29-53(78(51)126-14-18-130-142(119,120)138-62-34-70(134-66(62)38-114)110-46-106-74-82(94)98-42-102-86(74)110)23-55-31-60(92(10,11)12)32-56(80(55)128-16-20-132-144(123,124)140-64-36-72(136-68(64)40-116)112-48-108-76-84(96)100-44-104-88(76)112)24-54-30-59(91(7,8)9)28-52(79(54)127-15-19-131-143(121,122)139-63-35-71(135-67(63)39-115)111-47-107-75-83(95)99-43-103-87(75)111)22-50(26-57)77(49)125-13-17-129-141(117,118)137-61-33-69(133-65(61)37-113)109-45-105-73-81(93)97-41-101-85(73)109/h25-32,41-48,61-72,113-116H,13-24,33-40H2,1-12H3,(H,117,118)(H,119,120)(H,121,122)(H,123,124)(H2,93,97,101)(H2,94,98,102)(H2,95,99,103)(H2,96,100,104)/p-4/t61-,62-,63-,64-,65+,66+,67+,68+,69+,70+,71+,72+/m0/s1. The Balaban J connectivity index is 0.751. The summed E-state index contributed by atoms with van der Waals surface area (Å²) in [6.07, 6.45) is -3.70. The monoisotopic (exact) mass is 2070 g/mol. The Hall–Kier alpha value is -10.4. The Kier molecular flexibility index (Phi) is 30.7. The van der Waals surface area contributed by atoms with E-state index in [1.54, 1.807) is 0 Å². The maximum Gasteiger partial charge on any atom is 0.268 e. The van der Waals surface area contributed by atoms with Gasteiger partial charge < -0.3 is 137 Å². The third-order valence-electron chi connectivity index (χ3n) is 25.6. The Morgan fingerprint density at radius 1 is 0.312 bits per heavy atom. The van der Waals surface area contributed by atoms with Gasteiger partial charge in [0.1, 0.15) is 146 Å². The fourth-order valence-corrected chi connectivity index (χ4v) is 21.9. The first-order valence-electron chi connectivity index (χ1n) is 46.7. The van der Waals surface area contributed by atoms with E-state index >= 15 is 0 Å². The summed E-state index contributed by atoms with van der Waals surface area (Å²) in [5.74, 6) is 1.29. The average molecular weight is 2070 g/mol. The summed E-state index contributed by atoms with van der Waals surface area (Å²) in [5.41, 5.74) is 31.1. The van der Waals surface area contributed by atoms with Crippen molar-refractivity contribution >= 4 is 99.2 Å². The van der Waals surface area contributed by atoms with Gasteiger partial charge in [-0.2, -0.15) is 0 Å². The van der Waals surface area contributed by atoms with Crippen LogP contribution in [0.1, 0.15) is 200 Å². The van der Waals surface area contributed by atoms with Gasteiger partial charge in [-0.15, -0.1) is 0 Å². The number of nitrogen functional groups attached to an aromatic ring is 4. The number of aromatic nitrogens is 16. The van der Waals surface area contributed by atoms with Gasteiger partial charge in [0.05, 0.1) is 103 Å². The zero-order chi connectivity index (χ0) is 103. The van der Waals surface area contributed by atoms with Crippen molar-refractivity contribution in [3.8, 4) is 23.0 Å². The van der Waals surface area contributed by atoms with Crippen molar-refractivity contribution in [3.63, 3.8) is 0 Å². The average Bonchev–Trinajstić information content (AvgIpc) is 1.34. The first-order chi connectivity index (χ1) is 68.2. The zero-order valence-corrected chi connectivity index (χ0v) is 84.7. The summed E-state index contributed by atoms with van der Waals surface area (Å²) in [5, 5.41) is 42.5. The van der Waals surface area contributed by atoms with E-state index in [1.165, 1.54) is 68.9 Å². The number of anilines is 4. The molecular formula is C92H116N20O28P4-4. The van der Waals surface area contributed by atoms with Crippen LogP contribution in [0, 0.1) is 0 Å². The fourth-order valence-electron chi connectivity index (χ4n) is 18.2. The van der Waals surface area contributed by atoms with Crippen LogP contribution in [0.5, 0.6) is 23.0 Å². The summed E-state index contributed by atoms with van der Waals surface area (Å²) >= 11 is 0. The number of phosphoric ester groups is 4. The van der Waals surface area contributed by atoms with Gasteiger partial charge in [0, 0.05) is 51.4 Å². The third-order valence-corrected chi connectivity index (χ3v) is 29.7. The van der Waals surface area contributed by atoms with E-state index in [-0.39, 0.29) is 142 Å². The molecule has 144 heavy (non-hydrogen) atoms. The topological polar surface area (TPSA) is 668 Å². The number of aliphatic hydroxyl groups excluding tert-OH is 4. The largest absolute Gasteiger partial charge is 0.756 e. The van der Waals surface area contributed by atoms with Gasteiger partial charge >= 0.3 is 0 Å². The molecule has 12 heterocycles. The number of nitrogens with zero attached hydrogens (tertiary/aromatic N) is 16. The Morgan fingerprint density at radius 2 is 0.500 bits per heavy atom. The number of phosphoric acid groups is 4. The molecule has 4 saturated heterocycles. The van der Waals surface area contributed by atoms with Crippen molar-refractivity contribution in [3.05, 3.63) is 166 Å². The summed E-state index contributed by atoms with van der Waals surface area (Å²) in [6, 6.07) is 15.7. The molecule has 1 aliphatic carbocycles. The van der Waals surface area contributed by atoms with Gasteiger partial charge in [-0.1, -0.05) is 132 Å². The second-order valence-corrected chi connectivity index (χ2v) is 45.3. The Labute approximate surface area is 826 Å². The molecule has 4 aromatic carbocycles. The van der Waals surface area contributed by atoms with E-state index < -0.39 is 206 Å². The van der Waals surface area contributed by atoms with Crippen molar-refractivity contribution in [2.24, 2.45) is 0 Å². The quantitative estimate of drug-likeness (QED) is 0.0140. The van der Waals surface area contributed by atoms with E-state index in [4.69, 9.17) is 97.0 Å². The van der Waals surface area contributed by atoms with Crippen LogP contribution in [0.2, 0.25) is 0 Å². The van der Waals surface area contributed by atoms with Crippen LogP contribution in [-0.4, -0.2) is 227 Å². The van der Waals surface area contributed by atoms with Crippen LogP contribution >= 0.6 is 31.3 Å². The molecule has 4 unspecified atom stereocenters. The highest BCUT2D eigenvalue weighted by atomic mass is 31.2. The number of hydrogen-bond acceptors (Lipinski definition) is 44. The van der Waals surface area contributed by atoms with Crippen LogP contribution in [0.25, 0.3) is 44.7 Å². The normalized spacial score (nSPS) is 23.0. The van der Waals surface area contributed by atoms with Crippen molar-refractivity contribution in [2.75, 3.05) is 102 Å². The van der Waals surface area contributed by atoms with Crippen molar-refractivity contribution in [1.82, 2.24) is 78.1 Å². The number of nitrogens with two attached hydrogens (primary N) is 4. The second-order valence-electron chi connectivity index (χ2n) is 39.8. The molecule has 17 rings (SSSR count). The lowest BCUT2D eigenvalue weighted by molar-refractivity contribution is -0.233.